The molecular formula is C20H31N3O6P+. The molecule has 0 radical (unpaired) electrons. The van der Waals surface area contributed by atoms with E-state index in [4.69, 9.17) is 23.7 Å². The Balaban J connectivity index is 1.58. The molecule has 4 aliphatic rings. The summed E-state index contributed by atoms with van der Waals surface area (Å²) < 4.78 is 47.7. The van der Waals surface area contributed by atoms with Crippen molar-refractivity contribution in [2.75, 3.05) is 85.7 Å². The van der Waals surface area contributed by atoms with Crippen molar-refractivity contribution in [1.82, 2.24) is 9.34 Å². The molecule has 1 unspecified atom stereocenters. The fourth-order valence-corrected chi connectivity index (χ4v) is 8.61. The van der Waals surface area contributed by atoms with Gasteiger partial charge in [0.2, 0.25) is 6.79 Å². The van der Waals surface area contributed by atoms with E-state index in [9.17, 15) is 0 Å². The lowest BCUT2D eigenvalue weighted by molar-refractivity contribution is -0.925. The van der Waals surface area contributed by atoms with Gasteiger partial charge >= 0.3 is 0 Å². The molecule has 30 heavy (non-hydrogen) atoms. The van der Waals surface area contributed by atoms with Crippen molar-refractivity contribution in [3.05, 3.63) is 23.8 Å². The van der Waals surface area contributed by atoms with E-state index in [2.05, 4.69) is 15.4 Å². The molecule has 1 atom stereocenters. The van der Waals surface area contributed by atoms with Crippen LogP contribution in [0.4, 0.5) is 0 Å². The highest BCUT2D eigenvalue weighted by Gasteiger charge is 2.51. The predicted molar refractivity (Wildman–Crippen MR) is 109 cm³/mol. The van der Waals surface area contributed by atoms with Gasteiger partial charge in [0.25, 0.3) is 7.44 Å². The summed E-state index contributed by atoms with van der Waals surface area (Å²) in [6.45, 7) is 8.43. The minimum Gasteiger partial charge on any atom is -0.454 e. The number of quaternary nitrogens is 1. The summed E-state index contributed by atoms with van der Waals surface area (Å²) in [6.07, 6.45) is 0. The highest BCUT2D eigenvalue weighted by atomic mass is 31.2. The van der Waals surface area contributed by atoms with Crippen LogP contribution in [0, 0.1) is 0 Å². The zero-order valence-electron chi connectivity index (χ0n) is 17.3. The molecule has 0 amide bonds. The number of ether oxygens (including phenoxy) is 5. The third-order valence-electron chi connectivity index (χ3n) is 6.36. The quantitative estimate of drug-likeness (QED) is 0.651. The van der Waals surface area contributed by atoms with Gasteiger partial charge in [-0.3, -0.25) is 4.57 Å². The second-order valence-electron chi connectivity index (χ2n) is 8.01. The first-order valence-corrected chi connectivity index (χ1v) is 12.5. The van der Waals surface area contributed by atoms with Crippen molar-refractivity contribution in [3.63, 3.8) is 0 Å². The number of fused-ring (bicyclic) bond motifs is 1. The third kappa shape index (κ3) is 3.88. The number of hydrogen-bond donors (Lipinski definition) is 1. The first-order chi connectivity index (χ1) is 14.8. The van der Waals surface area contributed by atoms with Gasteiger partial charge in [0.15, 0.2) is 17.3 Å². The molecule has 0 bridgehead atoms. The lowest BCUT2D eigenvalue weighted by Crippen LogP contribution is -3.14. The lowest BCUT2D eigenvalue weighted by Gasteiger charge is -2.47. The van der Waals surface area contributed by atoms with E-state index in [-0.39, 0.29) is 12.6 Å². The molecule has 5 rings (SSSR count). The maximum absolute atomic E-state index is 15.2. The van der Waals surface area contributed by atoms with Crippen LogP contribution in [0.3, 0.4) is 0 Å². The van der Waals surface area contributed by atoms with Crippen molar-refractivity contribution in [2.45, 2.75) is 5.78 Å². The van der Waals surface area contributed by atoms with Gasteiger partial charge in [-0.15, -0.1) is 0 Å². The average Bonchev–Trinajstić information content (AvgIpc) is 3.29. The second-order valence-corrected chi connectivity index (χ2v) is 10.8. The van der Waals surface area contributed by atoms with Gasteiger partial charge in [-0.2, -0.15) is 0 Å². The molecule has 3 fully saturated rings. The molecule has 1 aromatic carbocycles. The third-order valence-corrected chi connectivity index (χ3v) is 10.1. The zero-order valence-corrected chi connectivity index (χ0v) is 18.2. The molecule has 0 aliphatic carbocycles. The monoisotopic (exact) mass is 440 g/mol. The minimum atomic E-state index is -2.98. The molecule has 1 N–H and O–H groups in total. The summed E-state index contributed by atoms with van der Waals surface area (Å²) in [5.74, 6) is 1.30. The number of hydrogen-bond acceptors (Lipinski definition) is 6. The number of nitrogens with one attached hydrogen (secondary N) is 1. The van der Waals surface area contributed by atoms with Crippen LogP contribution in [0.15, 0.2) is 18.2 Å². The van der Waals surface area contributed by atoms with Gasteiger partial charge in [-0.1, -0.05) is 0 Å². The molecule has 0 saturated carbocycles. The van der Waals surface area contributed by atoms with Gasteiger partial charge in [-0.25, -0.2) is 9.34 Å². The van der Waals surface area contributed by atoms with Gasteiger partial charge in [-0.05, 0) is 18.2 Å². The molecule has 1 aromatic rings. The van der Waals surface area contributed by atoms with E-state index in [1.54, 1.807) is 0 Å². The standard InChI is InChI=1S/C20H30N3O6P/c24-30(22-5-11-26-12-6-22,23-7-13-27-14-8-23)20(21-3-9-25-10-4-21)17-1-2-18-19(15-17)29-16-28-18/h1-2,15,20H,3-14,16H2/p+1. The van der Waals surface area contributed by atoms with Crippen LogP contribution in [0.1, 0.15) is 11.3 Å². The van der Waals surface area contributed by atoms with Gasteiger partial charge in [0.1, 0.15) is 13.1 Å². The van der Waals surface area contributed by atoms with E-state index >= 15 is 4.57 Å². The Kier molecular flexibility index (Phi) is 6.29. The van der Waals surface area contributed by atoms with Crippen LogP contribution in [0.25, 0.3) is 0 Å². The Labute approximate surface area is 177 Å². The van der Waals surface area contributed by atoms with E-state index in [1.807, 2.05) is 12.1 Å². The minimum absolute atomic E-state index is 0.188. The second kappa shape index (κ2) is 9.12. The van der Waals surface area contributed by atoms with Crippen LogP contribution in [0.2, 0.25) is 0 Å². The number of morpholine rings is 3. The van der Waals surface area contributed by atoms with E-state index < -0.39 is 7.44 Å². The van der Waals surface area contributed by atoms with Gasteiger partial charge in [0, 0.05) is 31.7 Å². The Morgan fingerprint density at radius 1 is 0.800 bits per heavy atom. The van der Waals surface area contributed by atoms with Crippen LogP contribution < -0.4 is 14.4 Å². The Morgan fingerprint density at radius 3 is 2.00 bits per heavy atom. The van der Waals surface area contributed by atoms with Crippen LogP contribution >= 0.6 is 7.44 Å². The Bertz CT molecular complexity index is 756. The lowest BCUT2D eigenvalue weighted by atomic mass is 10.1. The summed E-state index contributed by atoms with van der Waals surface area (Å²) in [4.78, 5) is 1.31. The Morgan fingerprint density at radius 2 is 1.37 bits per heavy atom. The molecule has 4 heterocycles. The van der Waals surface area contributed by atoms with Crippen molar-refractivity contribution in [2.24, 2.45) is 0 Å². The van der Waals surface area contributed by atoms with Gasteiger partial charge < -0.3 is 28.6 Å². The van der Waals surface area contributed by atoms with E-state index in [0.29, 0.717) is 65.8 Å². The molecule has 0 aromatic heterocycles. The summed E-state index contributed by atoms with van der Waals surface area (Å²) in [5.41, 5.74) is 1.04. The van der Waals surface area contributed by atoms with Gasteiger partial charge in [0.05, 0.1) is 39.6 Å². The van der Waals surface area contributed by atoms with Crippen LogP contribution in [-0.2, 0) is 18.8 Å². The molecule has 166 valence electrons. The molecule has 4 aliphatic heterocycles. The van der Waals surface area contributed by atoms with Crippen molar-refractivity contribution < 1.29 is 33.1 Å². The normalized spacial score (nSPS) is 25.3. The summed E-state index contributed by atoms with van der Waals surface area (Å²) >= 11 is 0. The highest BCUT2D eigenvalue weighted by Crippen LogP contribution is 2.62. The Hall–Kier alpha value is -1.19. The predicted octanol–water partition coefficient (Wildman–Crippen LogP) is 0.187. The summed E-state index contributed by atoms with van der Waals surface area (Å²) in [6, 6.07) is 6.05. The van der Waals surface area contributed by atoms with E-state index in [1.165, 1.54) is 4.90 Å². The number of rotatable bonds is 5. The first-order valence-electron chi connectivity index (χ1n) is 10.8. The fraction of sp³-hybridized carbons (Fsp3) is 0.700. The smallest absolute Gasteiger partial charge is 0.277 e. The maximum Gasteiger partial charge on any atom is 0.277 e. The summed E-state index contributed by atoms with van der Waals surface area (Å²) in [5, 5.41) is 0. The fourth-order valence-electron chi connectivity index (χ4n) is 4.84. The van der Waals surface area contributed by atoms with Crippen molar-refractivity contribution in [1.29, 1.82) is 0 Å². The summed E-state index contributed by atoms with van der Waals surface area (Å²) in [7, 11) is -2.98. The molecular weight excluding hydrogens is 409 g/mol. The average molecular weight is 440 g/mol. The van der Waals surface area contributed by atoms with Crippen LogP contribution in [0.5, 0.6) is 11.5 Å². The molecule has 3 saturated heterocycles. The van der Waals surface area contributed by atoms with Crippen LogP contribution in [-0.4, -0.2) is 95.0 Å². The van der Waals surface area contributed by atoms with Crippen molar-refractivity contribution >= 4 is 7.44 Å². The molecule has 0 spiro atoms. The zero-order chi connectivity index (χ0) is 20.4. The highest BCUT2D eigenvalue weighted by molar-refractivity contribution is 7.59. The topological polar surface area (TPSA) is 74.1 Å². The molecule has 10 heteroatoms. The largest absolute Gasteiger partial charge is 0.454 e. The van der Waals surface area contributed by atoms with E-state index in [0.717, 1.165) is 30.2 Å². The maximum atomic E-state index is 15.2. The number of nitrogens with zero attached hydrogens (tertiary/aromatic N) is 2. The number of benzene rings is 1. The molecule has 9 nitrogen and oxygen atoms in total. The SMILES string of the molecule is O=P(C(c1ccc2c(c1)OCO2)[NH+]1CCOCC1)(N1CCOCC1)N1CCOCC1. The first kappa shape index (κ1) is 20.7. The van der Waals surface area contributed by atoms with Crippen molar-refractivity contribution in [3.8, 4) is 11.5 Å².